The summed E-state index contributed by atoms with van der Waals surface area (Å²) >= 11 is 0. The van der Waals surface area contributed by atoms with Gasteiger partial charge in [0.25, 0.3) is 0 Å². The van der Waals surface area contributed by atoms with Crippen molar-refractivity contribution in [1.29, 1.82) is 0 Å². The van der Waals surface area contributed by atoms with Crippen molar-refractivity contribution in [3.8, 4) is 67.3 Å². The van der Waals surface area contributed by atoms with Crippen molar-refractivity contribution in [1.82, 2.24) is 9.97 Å². The predicted molar refractivity (Wildman–Crippen MR) is 239 cm³/mol. The van der Waals surface area contributed by atoms with E-state index in [0.717, 1.165) is 33.5 Å². The Morgan fingerprint density at radius 2 is 0.842 bits per heavy atom. The van der Waals surface area contributed by atoms with Gasteiger partial charge in [-0.1, -0.05) is 190 Å². The van der Waals surface area contributed by atoms with E-state index in [9.17, 15) is 0 Å². The highest BCUT2D eigenvalue weighted by Gasteiger charge is 2.37. The van der Waals surface area contributed by atoms with Crippen LogP contribution in [0.5, 0.6) is 0 Å². The highest BCUT2D eigenvalue weighted by Crippen LogP contribution is 2.53. The van der Waals surface area contributed by atoms with Crippen molar-refractivity contribution in [2.45, 2.75) is 19.3 Å². The molecule has 0 saturated heterocycles. The van der Waals surface area contributed by atoms with Gasteiger partial charge in [-0.15, -0.1) is 0 Å². The van der Waals surface area contributed by atoms with Crippen molar-refractivity contribution in [2.24, 2.45) is 0 Å². The average molecular weight is 727 g/mol. The van der Waals surface area contributed by atoms with Crippen LogP contribution >= 0.6 is 0 Å². The average Bonchev–Trinajstić information content (AvgIpc) is 3.50. The lowest BCUT2D eigenvalue weighted by atomic mass is 9.78. The molecule has 0 aliphatic heterocycles. The minimum absolute atomic E-state index is 0.120. The van der Waals surface area contributed by atoms with E-state index in [1.807, 2.05) is 18.2 Å². The third-order valence-electron chi connectivity index (χ3n) is 12.1. The predicted octanol–water partition coefficient (Wildman–Crippen LogP) is 14.6. The molecule has 2 nitrogen and oxygen atoms in total. The third-order valence-corrected chi connectivity index (χ3v) is 12.1. The lowest BCUT2D eigenvalue weighted by molar-refractivity contribution is 0.663. The molecular formula is C55H38N2. The molecule has 2 heteroatoms. The molecule has 0 radical (unpaired) electrons. The maximum absolute atomic E-state index is 5.24. The molecule has 268 valence electrons. The summed E-state index contributed by atoms with van der Waals surface area (Å²) in [6.45, 7) is 4.76. The van der Waals surface area contributed by atoms with Crippen LogP contribution in [-0.4, -0.2) is 9.97 Å². The molecule has 0 amide bonds. The summed E-state index contributed by atoms with van der Waals surface area (Å²) in [5, 5.41) is 7.30. The quantitative estimate of drug-likeness (QED) is 0.176. The molecule has 0 saturated carbocycles. The van der Waals surface area contributed by atoms with Crippen LogP contribution < -0.4 is 0 Å². The molecule has 1 aromatic heterocycles. The summed E-state index contributed by atoms with van der Waals surface area (Å²) in [5.74, 6) is 0.715. The summed E-state index contributed by atoms with van der Waals surface area (Å²) in [6.07, 6.45) is 0. The van der Waals surface area contributed by atoms with Crippen LogP contribution in [0.15, 0.2) is 194 Å². The van der Waals surface area contributed by atoms with Gasteiger partial charge in [-0.3, -0.25) is 0 Å². The van der Waals surface area contributed by atoms with Crippen LogP contribution in [0, 0.1) is 0 Å². The monoisotopic (exact) mass is 726 g/mol. The van der Waals surface area contributed by atoms with Gasteiger partial charge in [0, 0.05) is 22.1 Å². The lowest BCUT2D eigenvalue weighted by Gasteiger charge is -2.25. The molecule has 1 heterocycles. The second kappa shape index (κ2) is 13.0. The minimum Gasteiger partial charge on any atom is -0.228 e. The topological polar surface area (TPSA) is 25.8 Å². The molecule has 10 aromatic rings. The zero-order chi connectivity index (χ0) is 38.1. The first kappa shape index (κ1) is 33.2. The number of nitrogens with zero attached hydrogens (tertiary/aromatic N) is 2. The minimum atomic E-state index is -0.120. The van der Waals surface area contributed by atoms with E-state index >= 15 is 0 Å². The van der Waals surface area contributed by atoms with Gasteiger partial charge in [-0.05, 0) is 95.0 Å². The van der Waals surface area contributed by atoms with E-state index in [-0.39, 0.29) is 5.41 Å². The van der Waals surface area contributed by atoms with Crippen molar-refractivity contribution in [3.63, 3.8) is 0 Å². The van der Waals surface area contributed by atoms with Gasteiger partial charge in [0.05, 0.1) is 11.4 Å². The Balaban J connectivity index is 1.01. The second-order valence-corrected chi connectivity index (χ2v) is 15.7. The number of aromatic nitrogens is 2. The maximum atomic E-state index is 5.24. The summed E-state index contributed by atoms with van der Waals surface area (Å²) in [6, 6.07) is 70.1. The number of benzene rings is 9. The molecule has 9 aromatic carbocycles. The molecule has 0 bridgehead atoms. The largest absolute Gasteiger partial charge is 0.228 e. The van der Waals surface area contributed by atoms with Gasteiger partial charge < -0.3 is 0 Å². The first-order valence-corrected chi connectivity index (χ1v) is 19.7. The van der Waals surface area contributed by atoms with Crippen molar-refractivity contribution in [2.75, 3.05) is 0 Å². The Hall–Kier alpha value is -7.16. The zero-order valence-electron chi connectivity index (χ0n) is 31.9. The van der Waals surface area contributed by atoms with Crippen LogP contribution in [0.2, 0.25) is 0 Å². The SMILES string of the molecule is CC1(C)c2cc3ccccc3cc2-c2cccc(-c3ccc(-c4ccc(-c5cc(-c6cccc7ccccc67)nc(-c6ccccc6)n5)c5ccccc45)cc3)c21. The van der Waals surface area contributed by atoms with Gasteiger partial charge in [0.2, 0.25) is 0 Å². The molecule has 0 unspecified atom stereocenters. The fourth-order valence-electron chi connectivity index (χ4n) is 9.30. The highest BCUT2D eigenvalue weighted by molar-refractivity contribution is 6.05. The summed E-state index contributed by atoms with van der Waals surface area (Å²) in [7, 11) is 0. The zero-order valence-corrected chi connectivity index (χ0v) is 31.9. The van der Waals surface area contributed by atoms with Crippen LogP contribution in [0.25, 0.3) is 99.6 Å². The lowest BCUT2D eigenvalue weighted by Crippen LogP contribution is -2.16. The van der Waals surface area contributed by atoms with Gasteiger partial charge in [0.1, 0.15) is 0 Å². The number of hydrogen-bond acceptors (Lipinski definition) is 2. The first-order chi connectivity index (χ1) is 28.0. The molecule has 0 fully saturated rings. The highest BCUT2D eigenvalue weighted by atomic mass is 14.9. The summed E-state index contributed by atoms with van der Waals surface area (Å²) in [4.78, 5) is 10.4. The van der Waals surface area contributed by atoms with E-state index < -0.39 is 0 Å². The van der Waals surface area contributed by atoms with E-state index in [4.69, 9.17) is 9.97 Å². The number of hydrogen-bond donors (Lipinski definition) is 0. The molecule has 0 spiro atoms. The van der Waals surface area contributed by atoms with E-state index in [1.165, 1.54) is 71.4 Å². The van der Waals surface area contributed by atoms with Crippen LogP contribution in [0.1, 0.15) is 25.0 Å². The second-order valence-electron chi connectivity index (χ2n) is 15.7. The fraction of sp³-hybridized carbons (Fsp3) is 0.0545. The van der Waals surface area contributed by atoms with Gasteiger partial charge in [0.15, 0.2) is 5.82 Å². The van der Waals surface area contributed by atoms with Gasteiger partial charge >= 0.3 is 0 Å². The van der Waals surface area contributed by atoms with Crippen molar-refractivity contribution in [3.05, 3.63) is 205 Å². The Labute approximate surface area is 332 Å². The molecule has 57 heavy (non-hydrogen) atoms. The molecule has 11 rings (SSSR count). The van der Waals surface area contributed by atoms with Crippen molar-refractivity contribution >= 4 is 32.3 Å². The molecule has 1 aliphatic carbocycles. The smallest absolute Gasteiger partial charge is 0.160 e. The third kappa shape index (κ3) is 5.40. The Kier molecular flexibility index (Phi) is 7.55. The Bertz CT molecular complexity index is 3190. The Morgan fingerprint density at radius 1 is 0.333 bits per heavy atom. The van der Waals surface area contributed by atoms with Crippen LogP contribution in [-0.2, 0) is 5.41 Å². The van der Waals surface area contributed by atoms with E-state index in [1.54, 1.807) is 0 Å². The normalized spacial score (nSPS) is 12.9. The van der Waals surface area contributed by atoms with Crippen LogP contribution in [0.4, 0.5) is 0 Å². The van der Waals surface area contributed by atoms with Gasteiger partial charge in [-0.2, -0.15) is 0 Å². The molecular weight excluding hydrogens is 689 g/mol. The van der Waals surface area contributed by atoms with Crippen molar-refractivity contribution < 1.29 is 0 Å². The van der Waals surface area contributed by atoms with Gasteiger partial charge in [-0.25, -0.2) is 9.97 Å². The van der Waals surface area contributed by atoms with Crippen LogP contribution in [0.3, 0.4) is 0 Å². The standard InChI is InChI=1S/C55H38N2/c1-55(2)50-33-40-18-7-6-17-39(40)32-49(50)48-25-13-23-43(53(48)55)37-28-26-36(27-29-37)42-30-31-47(45-22-11-10-21-44(42)45)52-34-51(56-54(57-52)38-15-4-3-5-16-38)46-24-12-19-35-14-8-9-20-41(35)46/h3-34H,1-2H3. The maximum Gasteiger partial charge on any atom is 0.160 e. The first-order valence-electron chi connectivity index (χ1n) is 19.7. The summed E-state index contributed by atoms with van der Waals surface area (Å²) in [5.41, 5.74) is 15.3. The Morgan fingerprint density at radius 3 is 1.58 bits per heavy atom. The van der Waals surface area contributed by atoms with E-state index in [0.29, 0.717) is 5.82 Å². The molecule has 0 atom stereocenters. The fourth-order valence-corrected chi connectivity index (χ4v) is 9.30. The molecule has 0 N–H and O–H groups in total. The number of fused-ring (bicyclic) bond motifs is 6. The summed E-state index contributed by atoms with van der Waals surface area (Å²) < 4.78 is 0. The van der Waals surface area contributed by atoms with E-state index in [2.05, 4.69) is 190 Å². The number of rotatable bonds is 5. The molecule has 1 aliphatic rings.